The van der Waals surface area contributed by atoms with Crippen molar-refractivity contribution in [3.63, 3.8) is 0 Å². The van der Waals surface area contributed by atoms with E-state index in [4.69, 9.17) is 5.26 Å². The van der Waals surface area contributed by atoms with E-state index in [1.807, 2.05) is 24.0 Å². The fourth-order valence-electron chi connectivity index (χ4n) is 2.47. The number of rotatable bonds is 3. The van der Waals surface area contributed by atoms with Gasteiger partial charge in [-0.1, -0.05) is 19.1 Å². The van der Waals surface area contributed by atoms with Gasteiger partial charge in [0.2, 0.25) is 0 Å². The molecule has 0 bridgehead atoms. The van der Waals surface area contributed by atoms with Crippen molar-refractivity contribution >= 4 is 6.03 Å². The van der Waals surface area contributed by atoms with Crippen LogP contribution in [0.25, 0.3) is 0 Å². The van der Waals surface area contributed by atoms with E-state index in [1.54, 1.807) is 12.1 Å². The second-order valence-electron chi connectivity index (χ2n) is 5.33. The molecular weight excluding hydrogens is 264 g/mol. The summed E-state index contributed by atoms with van der Waals surface area (Å²) in [6.07, 6.45) is 0. The molecule has 0 spiro atoms. The second kappa shape index (κ2) is 7.09. The van der Waals surface area contributed by atoms with Gasteiger partial charge < -0.3 is 15.1 Å². The van der Waals surface area contributed by atoms with Gasteiger partial charge in [-0.25, -0.2) is 4.79 Å². The van der Waals surface area contributed by atoms with Crippen LogP contribution < -0.4 is 5.32 Å². The van der Waals surface area contributed by atoms with E-state index in [0.717, 1.165) is 38.3 Å². The molecule has 0 radical (unpaired) electrons. The third-order valence-corrected chi connectivity index (χ3v) is 3.99. The van der Waals surface area contributed by atoms with Gasteiger partial charge in [0.05, 0.1) is 17.7 Å². The number of carbonyl (C=O) groups is 1. The molecule has 0 aliphatic carbocycles. The van der Waals surface area contributed by atoms with Crippen molar-refractivity contribution < 1.29 is 4.79 Å². The molecule has 21 heavy (non-hydrogen) atoms. The molecule has 1 atom stereocenters. The van der Waals surface area contributed by atoms with Crippen LogP contribution in [0.3, 0.4) is 0 Å². The first-order valence-electron chi connectivity index (χ1n) is 7.42. The van der Waals surface area contributed by atoms with Crippen molar-refractivity contribution in [3.05, 3.63) is 35.4 Å². The van der Waals surface area contributed by atoms with E-state index in [9.17, 15) is 4.79 Å². The van der Waals surface area contributed by atoms with Gasteiger partial charge >= 0.3 is 6.03 Å². The Morgan fingerprint density at radius 3 is 2.43 bits per heavy atom. The van der Waals surface area contributed by atoms with Gasteiger partial charge in [-0.3, -0.25) is 0 Å². The van der Waals surface area contributed by atoms with Crippen molar-refractivity contribution in [2.45, 2.75) is 19.9 Å². The molecule has 0 saturated carbocycles. The van der Waals surface area contributed by atoms with Gasteiger partial charge in [-0.2, -0.15) is 5.26 Å². The van der Waals surface area contributed by atoms with E-state index >= 15 is 0 Å². The molecule has 1 aliphatic rings. The summed E-state index contributed by atoms with van der Waals surface area (Å²) in [6.45, 7) is 8.57. The molecule has 1 aromatic rings. The number of benzene rings is 1. The molecule has 2 amide bonds. The number of piperazine rings is 1. The van der Waals surface area contributed by atoms with Crippen LogP contribution in [-0.4, -0.2) is 48.6 Å². The maximum absolute atomic E-state index is 12.2. The van der Waals surface area contributed by atoms with Crippen LogP contribution in [0.2, 0.25) is 0 Å². The quantitative estimate of drug-likeness (QED) is 0.924. The number of carbonyl (C=O) groups excluding carboxylic acids is 1. The number of likely N-dealkylation sites (N-methyl/N-ethyl adjacent to an activating group) is 1. The van der Waals surface area contributed by atoms with Gasteiger partial charge in [-0.15, -0.1) is 0 Å². The summed E-state index contributed by atoms with van der Waals surface area (Å²) in [7, 11) is 0. The first kappa shape index (κ1) is 15.3. The predicted molar refractivity (Wildman–Crippen MR) is 81.8 cm³/mol. The zero-order valence-corrected chi connectivity index (χ0v) is 12.7. The number of nitriles is 1. The monoisotopic (exact) mass is 286 g/mol. The summed E-state index contributed by atoms with van der Waals surface area (Å²) >= 11 is 0. The van der Waals surface area contributed by atoms with Gasteiger partial charge in [0.25, 0.3) is 0 Å². The highest BCUT2D eigenvalue weighted by molar-refractivity contribution is 5.74. The Bertz CT molecular complexity index is 512. The highest BCUT2D eigenvalue weighted by Gasteiger charge is 2.21. The predicted octanol–water partition coefficient (Wildman–Crippen LogP) is 1.97. The van der Waals surface area contributed by atoms with E-state index in [1.165, 1.54) is 0 Å². The molecule has 1 aromatic carbocycles. The lowest BCUT2D eigenvalue weighted by Crippen LogP contribution is -2.51. The van der Waals surface area contributed by atoms with E-state index < -0.39 is 0 Å². The first-order chi connectivity index (χ1) is 10.1. The van der Waals surface area contributed by atoms with Gasteiger partial charge in [0, 0.05) is 26.2 Å². The zero-order valence-electron chi connectivity index (χ0n) is 12.7. The molecule has 1 saturated heterocycles. The smallest absolute Gasteiger partial charge is 0.317 e. The van der Waals surface area contributed by atoms with Crippen molar-refractivity contribution in [1.29, 1.82) is 5.26 Å². The number of nitrogens with one attached hydrogen (secondary N) is 1. The van der Waals surface area contributed by atoms with Crippen LogP contribution in [0.15, 0.2) is 24.3 Å². The summed E-state index contributed by atoms with van der Waals surface area (Å²) < 4.78 is 0. The average Bonchev–Trinajstić information content (AvgIpc) is 2.55. The van der Waals surface area contributed by atoms with Gasteiger partial charge in [0.1, 0.15) is 0 Å². The molecule has 1 N–H and O–H groups in total. The standard InChI is InChI=1S/C16H22N4O/c1-3-19-8-10-20(11-9-19)16(21)18-13(2)15-6-4-14(12-17)5-7-15/h4-7,13H,3,8-11H2,1-2H3,(H,18,21). The maximum atomic E-state index is 12.2. The van der Waals surface area contributed by atoms with Crippen molar-refractivity contribution in [3.8, 4) is 6.07 Å². The lowest BCUT2D eigenvalue weighted by molar-refractivity contribution is 0.141. The third kappa shape index (κ3) is 3.96. The van der Waals surface area contributed by atoms with Crippen LogP contribution in [-0.2, 0) is 0 Å². The third-order valence-electron chi connectivity index (χ3n) is 3.99. The lowest BCUT2D eigenvalue weighted by Gasteiger charge is -2.34. The number of nitrogens with zero attached hydrogens (tertiary/aromatic N) is 3. The minimum Gasteiger partial charge on any atom is -0.331 e. The molecule has 5 heteroatoms. The molecule has 1 aliphatic heterocycles. The largest absolute Gasteiger partial charge is 0.331 e. The Kier molecular flexibility index (Phi) is 5.18. The SMILES string of the molecule is CCN1CCN(C(=O)NC(C)c2ccc(C#N)cc2)CC1. The van der Waals surface area contributed by atoms with E-state index in [-0.39, 0.29) is 12.1 Å². The summed E-state index contributed by atoms with van der Waals surface area (Å²) in [5.41, 5.74) is 1.64. The fourth-order valence-corrected chi connectivity index (χ4v) is 2.47. The first-order valence-corrected chi connectivity index (χ1v) is 7.42. The number of urea groups is 1. The molecular formula is C16H22N4O. The maximum Gasteiger partial charge on any atom is 0.317 e. The van der Waals surface area contributed by atoms with Crippen LogP contribution >= 0.6 is 0 Å². The Balaban J connectivity index is 1.88. The van der Waals surface area contributed by atoms with Gasteiger partial charge in [0.15, 0.2) is 0 Å². The summed E-state index contributed by atoms with van der Waals surface area (Å²) in [4.78, 5) is 16.5. The molecule has 1 heterocycles. The van der Waals surface area contributed by atoms with Crippen LogP contribution in [0.4, 0.5) is 4.79 Å². The van der Waals surface area contributed by atoms with Crippen molar-refractivity contribution in [2.24, 2.45) is 0 Å². The molecule has 0 aromatic heterocycles. The molecule has 112 valence electrons. The average molecular weight is 286 g/mol. The zero-order chi connectivity index (χ0) is 15.2. The number of hydrogen-bond donors (Lipinski definition) is 1. The normalized spacial score (nSPS) is 17.1. The highest BCUT2D eigenvalue weighted by atomic mass is 16.2. The number of amides is 2. The van der Waals surface area contributed by atoms with Crippen molar-refractivity contribution in [1.82, 2.24) is 15.1 Å². The van der Waals surface area contributed by atoms with E-state index in [2.05, 4.69) is 23.2 Å². The Labute approximate surface area is 126 Å². The summed E-state index contributed by atoms with van der Waals surface area (Å²) in [5, 5.41) is 11.8. The van der Waals surface area contributed by atoms with Crippen LogP contribution in [0.5, 0.6) is 0 Å². The van der Waals surface area contributed by atoms with Gasteiger partial charge in [-0.05, 0) is 31.2 Å². The molecule has 2 rings (SSSR count). The second-order valence-corrected chi connectivity index (χ2v) is 5.33. The Morgan fingerprint density at radius 2 is 1.90 bits per heavy atom. The van der Waals surface area contributed by atoms with Crippen molar-refractivity contribution in [2.75, 3.05) is 32.7 Å². The van der Waals surface area contributed by atoms with Crippen LogP contribution in [0, 0.1) is 11.3 Å². The molecule has 1 fully saturated rings. The Hall–Kier alpha value is -2.06. The molecule has 5 nitrogen and oxygen atoms in total. The number of hydrogen-bond acceptors (Lipinski definition) is 3. The summed E-state index contributed by atoms with van der Waals surface area (Å²) in [5.74, 6) is 0. The minimum atomic E-state index is -0.0607. The minimum absolute atomic E-state index is 0.0115. The Morgan fingerprint density at radius 1 is 1.29 bits per heavy atom. The fraction of sp³-hybridized carbons (Fsp3) is 0.500. The lowest BCUT2D eigenvalue weighted by atomic mass is 10.1. The topological polar surface area (TPSA) is 59.4 Å². The summed E-state index contributed by atoms with van der Waals surface area (Å²) in [6, 6.07) is 9.35. The highest BCUT2D eigenvalue weighted by Crippen LogP contribution is 2.14. The molecule has 1 unspecified atom stereocenters. The van der Waals surface area contributed by atoms with E-state index in [0.29, 0.717) is 5.56 Å². The van der Waals surface area contributed by atoms with Crippen LogP contribution in [0.1, 0.15) is 31.0 Å².